The van der Waals surface area contributed by atoms with Crippen molar-refractivity contribution in [1.82, 2.24) is 24.6 Å². The Morgan fingerprint density at radius 3 is 2.72 bits per heavy atom. The van der Waals surface area contributed by atoms with Crippen LogP contribution in [0.25, 0.3) is 27.5 Å². The predicted molar refractivity (Wildman–Crippen MR) is 68.3 cm³/mol. The molecule has 0 radical (unpaired) electrons. The fraction of sp³-hybridized carbons (Fsp3) is 0.0769. The number of nitrogens with zero attached hydrogens (tertiary/aromatic N) is 5. The number of pyridine rings is 1. The first-order chi connectivity index (χ1) is 8.84. The maximum atomic E-state index is 4.48. The highest BCUT2D eigenvalue weighted by atomic mass is 15.3. The minimum Gasteiger partial charge on any atom is -0.244 e. The van der Waals surface area contributed by atoms with Crippen molar-refractivity contribution < 1.29 is 0 Å². The molecule has 0 unspecified atom stereocenters. The quantitative estimate of drug-likeness (QED) is 0.438. The molecular weight excluding hydrogens is 226 g/mol. The van der Waals surface area contributed by atoms with Crippen LogP contribution >= 0.6 is 0 Å². The van der Waals surface area contributed by atoms with E-state index >= 15 is 0 Å². The van der Waals surface area contributed by atoms with Gasteiger partial charge in [-0.1, -0.05) is 24.3 Å². The van der Waals surface area contributed by atoms with Crippen LogP contribution in [0.15, 0.2) is 36.8 Å². The van der Waals surface area contributed by atoms with Crippen LogP contribution < -0.4 is 0 Å². The van der Waals surface area contributed by atoms with Gasteiger partial charge in [-0.15, -0.1) is 5.10 Å². The number of fused-ring (bicyclic) bond motifs is 6. The molecule has 0 spiro atoms. The van der Waals surface area contributed by atoms with Crippen molar-refractivity contribution in [3.05, 3.63) is 42.6 Å². The summed E-state index contributed by atoms with van der Waals surface area (Å²) in [6.07, 6.45) is 3.36. The molecule has 4 rings (SSSR count). The van der Waals surface area contributed by atoms with Gasteiger partial charge in [0.05, 0.1) is 0 Å². The third-order valence-corrected chi connectivity index (χ3v) is 3.06. The van der Waals surface area contributed by atoms with Crippen molar-refractivity contribution in [2.24, 2.45) is 0 Å². The van der Waals surface area contributed by atoms with Crippen LogP contribution in [0.1, 0.15) is 5.82 Å². The summed E-state index contributed by atoms with van der Waals surface area (Å²) in [5.74, 6) is 0.742. The number of benzene rings is 1. The first-order valence-electron chi connectivity index (χ1n) is 5.68. The summed E-state index contributed by atoms with van der Waals surface area (Å²) in [5, 5.41) is 7.57. The lowest BCUT2D eigenvalue weighted by atomic mass is 10.1. The van der Waals surface area contributed by atoms with Crippen molar-refractivity contribution in [3.8, 4) is 0 Å². The van der Waals surface area contributed by atoms with Crippen molar-refractivity contribution in [3.63, 3.8) is 0 Å². The van der Waals surface area contributed by atoms with Gasteiger partial charge in [-0.05, 0) is 12.3 Å². The summed E-state index contributed by atoms with van der Waals surface area (Å²) in [6, 6.07) is 8.12. The Morgan fingerprint density at radius 1 is 1.00 bits per heavy atom. The average molecular weight is 235 g/mol. The second-order valence-electron chi connectivity index (χ2n) is 4.20. The zero-order valence-corrected chi connectivity index (χ0v) is 9.70. The molecule has 0 N–H and O–H groups in total. The molecular formula is C13H9N5. The van der Waals surface area contributed by atoms with Crippen molar-refractivity contribution in [2.45, 2.75) is 6.92 Å². The van der Waals surface area contributed by atoms with Gasteiger partial charge in [0.15, 0.2) is 11.3 Å². The second kappa shape index (κ2) is 3.22. The fourth-order valence-electron chi connectivity index (χ4n) is 2.33. The first-order valence-corrected chi connectivity index (χ1v) is 5.68. The molecule has 5 nitrogen and oxygen atoms in total. The molecule has 0 fully saturated rings. The summed E-state index contributed by atoms with van der Waals surface area (Å²) in [7, 11) is 0. The minimum absolute atomic E-state index is 0.742. The van der Waals surface area contributed by atoms with Gasteiger partial charge in [0.25, 0.3) is 0 Å². The molecule has 4 aromatic rings. The van der Waals surface area contributed by atoms with Gasteiger partial charge in [0.2, 0.25) is 0 Å². The standard InChI is InChI=1S/C13H9N5/c1-8-16-13-10-5-3-2-4-9(10)11-6-14-7-15-12(11)18(13)17-8/h2-7H,1H3. The second-order valence-corrected chi connectivity index (χ2v) is 4.20. The lowest BCUT2D eigenvalue weighted by molar-refractivity contribution is 0.947. The van der Waals surface area contributed by atoms with Gasteiger partial charge in [0.1, 0.15) is 12.2 Å². The maximum Gasteiger partial charge on any atom is 0.167 e. The normalized spacial score (nSPS) is 11.6. The number of hydrogen-bond donors (Lipinski definition) is 0. The Labute approximate surface area is 102 Å². The zero-order chi connectivity index (χ0) is 12.1. The van der Waals surface area contributed by atoms with Crippen LogP contribution in [0.4, 0.5) is 0 Å². The molecule has 0 aliphatic heterocycles. The monoisotopic (exact) mass is 235 g/mol. The lowest BCUT2D eigenvalue weighted by Gasteiger charge is -2.04. The largest absolute Gasteiger partial charge is 0.244 e. The molecule has 0 amide bonds. The molecule has 0 atom stereocenters. The highest BCUT2D eigenvalue weighted by molar-refractivity contribution is 6.10. The molecule has 1 aromatic carbocycles. The van der Waals surface area contributed by atoms with E-state index in [1.165, 1.54) is 6.33 Å². The molecule has 5 heteroatoms. The van der Waals surface area contributed by atoms with Crippen LogP contribution in [0.2, 0.25) is 0 Å². The Hall–Kier alpha value is -2.56. The van der Waals surface area contributed by atoms with E-state index in [0.29, 0.717) is 0 Å². The molecule has 0 aliphatic carbocycles. The highest BCUT2D eigenvalue weighted by Gasteiger charge is 2.11. The third-order valence-electron chi connectivity index (χ3n) is 3.06. The fourth-order valence-corrected chi connectivity index (χ4v) is 2.33. The van der Waals surface area contributed by atoms with E-state index < -0.39 is 0 Å². The van der Waals surface area contributed by atoms with Crippen LogP contribution in [0, 0.1) is 6.92 Å². The molecule has 0 saturated heterocycles. The lowest BCUT2D eigenvalue weighted by Crippen LogP contribution is -1.96. The predicted octanol–water partition coefficient (Wildman–Crippen LogP) is 2.13. The Bertz CT molecular complexity index is 821. The van der Waals surface area contributed by atoms with Gasteiger partial charge < -0.3 is 0 Å². The van der Waals surface area contributed by atoms with Gasteiger partial charge in [-0.2, -0.15) is 4.52 Å². The molecule has 3 heterocycles. The van der Waals surface area contributed by atoms with Crippen molar-refractivity contribution in [1.29, 1.82) is 0 Å². The molecule has 3 aromatic heterocycles. The molecule has 0 saturated carbocycles. The van der Waals surface area contributed by atoms with Gasteiger partial charge >= 0.3 is 0 Å². The van der Waals surface area contributed by atoms with E-state index in [9.17, 15) is 0 Å². The van der Waals surface area contributed by atoms with E-state index in [1.807, 2.05) is 31.3 Å². The van der Waals surface area contributed by atoms with Crippen LogP contribution in [0.5, 0.6) is 0 Å². The topological polar surface area (TPSA) is 56.0 Å². The summed E-state index contributed by atoms with van der Waals surface area (Å²) in [6.45, 7) is 1.88. The van der Waals surface area contributed by atoms with E-state index in [2.05, 4.69) is 26.1 Å². The first kappa shape index (κ1) is 9.47. The van der Waals surface area contributed by atoms with Crippen LogP contribution in [0.3, 0.4) is 0 Å². The number of aromatic nitrogens is 5. The Balaban J connectivity index is 2.45. The summed E-state index contributed by atoms with van der Waals surface area (Å²) >= 11 is 0. The molecule has 86 valence electrons. The molecule has 18 heavy (non-hydrogen) atoms. The Kier molecular flexibility index (Phi) is 1.70. The summed E-state index contributed by atoms with van der Waals surface area (Å²) in [5.41, 5.74) is 1.63. The number of hydrogen-bond acceptors (Lipinski definition) is 4. The average Bonchev–Trinajstić information content (AvgIpc) is 2.81. The SMILES string of the molecule is Cc1nc2c3ccccc3c3cncnc3n2n1. The van der Waals surface area contributed by atoms with E-state index in [-0.39, 0.29) is 0 Å². The van der Waals surface area contributed by atoms with Crippen LogP contribution in [-0.4, -0.2) is 24.6 Å². The minimum atomic E-state index is 0.742. The maximum absolute atomic E-state index is 4.48. The van der Waals surface area contributed by atoms with E-state index in [1.54, 1.807) is 4.52 Å². The Morgan fingerprint density at radius 2 is 1.83 bits per heavy atom. The number of aryl methyl sites for hydroxylation is 1. The zero-order valence-electron chi connectivity index (χ0n) is 9.70. The van der Waals surface area contributed by atoms with Crippen molar-refractivity contribution >= 4 is 27.5 Å². The third kappa shape index (κ3) is 1.10. The van der Waals surface area contributed by atoms with Gasteiger partial charge in [0, 0.05) is 17.0 Å². The highest BCUT2D eigenvalue weighted by Crippen LogP contribution is 2.26. The smallest absolute Gasteiger partial charge is 0.167 e. The van der Waals surface area contributed by atoms with Crippen LogP contribution in [-0.2, 0) is 0 Å². The van der Waals surface area contributed by atoms with E-state index in [4.69, 9.17) is 0 Å². The molecule has 0 aliphatic rings. The molecule has 0 bridgehead atoms. The summed E-state index contributed by atoms with van der Waals surface area (Å²) in [4.78, 5) is 12.9. The van der Waals surface area contributed by atoms with E-state index in [0.717, 1.165) is 33.3 Å². The number of rotatable bonds is 0. The van der Waals surface area contributed by atoms with Crippen molar-refractivity contribution in [2.75, 3.05) is 0 Å². The summed E-state index contributed by atoms with van der Waals surface area (Å²) < 4.78 is 1.79. The van der Waals surface area contributed by atoms with Gasteiger partial charge in [-0.25, -0.2) is 15.0 Å². The van der Waals surface area contributed by atoms with Gasteiger partial charge in [-0.3, -0.25) is 0 Å².